The quantitative estimate of drug-likeness (QED) is 0.791. The Morgan fingerprint density at radius 1 is 1.00 bits per heavy atom. The van der Waals surface area contributed by atoms with Crippen molar-refractivity contribution in [2.24, 2.45) is 0 Å². The number of hydrogen-bond donors (Lipinski definition) is 1. The highest BCUT2D eigenvalue weighted by atomic mass is 32.2. The van der Waals surface area contributed by atoms with E-state index in [0.29, 0.717) is 0 Å². The summed E-state index contributed by atoms with van der Waals surface area (Å²) in [6.07, 6.45) is 0. The lowest BCUT2D eigenvalue weighted by molar-refractivity contribution is -0.118. The van der Waals surface area contributed by atoms with Crippen molar-refractivity contribution in [2.45, 2.75) is 34.1 Å². The number of amides is 2. The second-order valence-corrected chi connectivity index (χ2v) is 8.54. The number of fused-ring (bicyclic) bond motifs is 6. The minimum atomic E-state index is -0.133. The maximum atomic E-state index is 12.4. The molecule has 2 aromatic rings. The van der Waals surface area contributed by atoms with Gasteiger partial charge in [0.1, 0.15) is 0 Å². The van der Waals surface area contributed by atoms with E-state index in [-0.39, 0.29) is 22.3 Å². The summed E-state index contributed by atoms with van der Waals surface area (Å²) in [6, 6.07) is 7.96. The average Bonchev–Trinajstić information content (AvgIpc) is 2.54. The van der Waals surface area contributed by atoms with Gasteiger partial charge >= 0.3 is 0 Å². The molecular weight excluding hydrogens is 328 g/mol. The summed E-state index contributed by atoms with van der Waals surface area (Å²) in [7, 11) is 1.84. The third-order valence-electron chi connectivity index (χ3n) is 4.32. The zero-order valence-electron chi connectivity index (χ0n) is 13.0. The molecule has 4 rings (SSSR count). The lowest BCUT2D eigenvalue weighted by Gasteiger charge is -2.35. The number of benzene rings is 2. The van der Waals surface area contributed by atoms with Crippen molar-refractivity contribution >= 4 is 57.5 Å². The van der Waals surface area contributed by atoms with Gasteiger partial charge < -0.3 is 10.2 Å². The van der Waals surface area contributed by atoms with Gasteiger partial charge in [-0.2, -0.15) is 0 Å². The normalized spacial score (nSPS) is 23.5. The maximum absolute atomic E-state index is 12.4. The van der Waals surface area contributed by atoms with E-state index < -0.39 is 0 Å². The van der Waals surface area contributed by atoms with Crippen LogP contribution in [0.2, 0.25) is 0 Å². The number of anilines is 2. The highest BCUT2D eigenvalue weighted by Crippen LogP contribution is 2.54. The third-order valence-corrected chi connectivity index (χ3v) is 6.85. The molecule has 1 N–H and O–H groups in total. The van der Waals surface area contributed by atoms with Crippen LogP contribution in [-0.4, -0.2) is 29.4 Å². The molecule has 0 bridgehead atoms. The van der Waals surface area contributed by atoms with Gasteiger partial charge in [-0.1, -0.05) is 24.3 Å². The number of nitrogens with one attached hydrogen (secondary N) is 1. The predicted octanol–water partition coefficient (Wildman–Crippen LogP) is 3.73. The van der Waals surface area contributed by atoms with Crippen LogP contribution in [0.1, 0.15) is 13.8 Å². The second-order valence-electron chi connectivity index (χ2n) is 5.83. The lowest BCUT2D eigenvalue weighted by Crippen LogP contribution is -2.37. The number of carbonyl (C=O) groups is 2. The van der Waals surface area contributed by atoms with Crippen molar-refractivity contribution in [1.29, 1.82) is 0 Å². The Kier molecular flexibility index (Phi) is 3.35. The van der Waals surface area contributed by atoms with E-state index in [4.69, 9.17) is 0 Å². The molecule has 2 atom stereocenters. The van der Waals surface area contributed by atoms with E-state index in [2.05, 4.69) is 5.32 Å². The molecule has 2 unspecified atom stereocenters. The third kappa shape index (κ3) is 2.08. The second kappa shape index (κ2) is 5.18. The molecule has 2 heterocycles. The molecule has 0 aromatic heterocycles. The van der Waals surface area contributed by atoms with Gasteiger partial charge in [0.25, 0.3) is 0 Å². The van der Waals surface area contributed by atoms with Gasteiger partial charge in [0.05, 0.1) is 21.9 Å². The van der Waals surface area contributed by atoms with Crippen molar-refractivity contribution in [1.82, 2.24) is 0 Å². The van der Waals surface area contributed by atoms with Gasteiger partial charge in [-0.25, -0.2) is 0 Å². The topological polar surface area (TPSA) is 49.4 Å². The monoisotopic (exact) mass is 344 g/mol. The number of hydrogen-bond acceptors (Lipinski definition) is 4. The molecule has 2 amide bonds. The molecule has 2 aliphatic rings. The number of nitrogens with zero attached hydrogens (tertiary/aromatic N) is 1. The van der Waals surface area contributed by atoms with E-state index >= 15 is 0 Å². The van der Waals surface area contributed by atoms with Gasteiger partial charge in [-0.05, 0) is 13.8 Å². The fraction of sp³-hybridized carbons (Fsp3) is 0.294. The van der Waals surface area contributed by atoms with E-state index in [0.717, 1.165) is 31.9 Å². The summed E-state index contributed by atoms with van der Waals surface area (Å²) in [6.45, 7) is 3.85. The Morgan fingerprint density at radius 3 is 2.39 bits per heavy atom. The van der Waals surface area contributed by atoms with Crippen LogP contribution >= 0.6 is 23.5 Å². The lowest BCUT2D eigenvalue weighted by atomic mass is 10.0. The van der Waals surface area contributed by atoms with E-state index in [1.165, 1.54) is 0 Å². The highest BCUT2D eigenvalue weighted by molar-refractivity contribution is 8.04. The van der Waals surface area contributed by atoms with Crippen molar-refractivity contribution in [2.75, 3.05) is 17.3 Å². The van der Waals surface area contributed by atoms with Crippen LogP contribution in [0.5, 0.6) is 0 Å². The van der Waals surface area contributed by atoms with Crippen LogP contribution in [0, 0.1) is 0 Å². The smallest absolute Gasteiger partial charge is 0.239 e. The summed E-state index contributed by atoms with van der Waals surface area (Å²) in [5.74, 6) is 0.149. The van der Waals surface area contributed by atoms with Gasteiger partial charge in [-0.15, -0.1) is 23.5 Å². The van der Waals surface area contributed by atoms with Gasteiger partial charge in [0.2, 0.25) is 11.8 Å². The van der Waals surface area contributed by atoms with E-state index in [9.17, 15) is 9.59 Å². The van der Waals surface area contributed by atoms with Crippen molar-refractivity contribution in [3.63, 3.8) is 0 Å². The highest BCUT2D eigenvalue weighted by Gasteiger charge is 2.36. The van der Waals surface area contributed by atoms with Crippen LogP contribution in [0.4, 0.5) is 11.4 Å². The predicted molar refractivity (Wildman–Crippen MR) is 96.6 cm³/mol. The summed E-state index contributed by atoms with van der Waals surface area (Å²) >= 11 is 3.18. The first-order chi connectivity index (χ1) is 11.0. The Morgan fingerprint density at radius 2 is 1.65 bits per heavy atom. The Balaban J connectivity index is 2.10. The van der Waals surface area contributed by atoms with Gasteiger partial charge in [-0.3, -0.25) is 9.59 Å². The van der Waals surface area contributed by atoms with Crippen LogP contribution in [-0.2, 0) is 9.59 Å². The number of rotatable bonds is 0. The average molecular weight is 344 g/mol. The molecule has 118 valence electrons. The Labute approximate surface area is 143 Å². The summed E-state index contributed by atoms with van der Waals surface area (Å²) in [4.78, 5) is 28.5. The van der Waals surface area contributed by atoms with Gasteiger partial charge in [0, 0.05) is 27.6 Å². The molecule has 0 saturated heterocycles. The molecule has 0 fully saturated rings. The molecule has 4 nitrogen and oxygen atoms in total. The molecule has 6 heteroatoms. The van der Waals surface area contributed by atoms with Crippen molar-refractivity contribution in [3.05, 3.63) is 24.3 Å². The first kappa shape index (κ1) is 14.9. The summed E-state index contributed by atoms with van der Waals surface area (Å²) in [5, 5.41) is 4.81. The fourth-order valence-corrected chi connectivity index (χ4v) is 5.59. The molecule has 2 aromatic carbocycles. The fourth-order valence-electron chi connectivity index (χ4n) is 3.12. The standard InChI is InChI=1S/C17H16N2O2S2/c1-8-16(20)18-12-10-6-4-5-7-11(10)13-15(14(12)22-8)23-9(2)17(21)19(13)3/h4-9H,1-3H3,(H,18,20). The summed E-state index contributed by atoms with van der Waals surface area (Å²) in [5.41, 5.74) is 1.85. The molecule has 0 radical (unpaired) electrons. The molecular formula is C17H16N2O2S2. The van der Waals surface area contributed by atoms with Crippen molar-refractivity contribution in [3.8, 4) is 0 Å². The van der Waals surface area contributed by atoms with E-state index in [1.807, 2.05) is 45.2 Å². The molecule has 2 aliphatic heterocycles. The molecule has 0 aliphatic carbocycles. The van der Waals surface area contributed by atoms with Crippen LogP contribution in [0.15, 0.2) is 34.1 Å². The first-order valence-electron chi connectivity index (χ1n) is 7.49. The Hall–Kier alpha value is -1.66. The number of carbonyl (C=O) groups excluding carboxylic acids is 2. The molecule has 0 spiro atoms. The molecule has 0 saturated carbocycles. The summed E-state index contributed by atoms with van der Waals surface area (Å²) < 4.78 is 0. The maximum Gasteiger partial charge on any atom is 0.239 e. The SMILES string of the molecule is CC1Sc2c3c(c4ccccc4c2NC1=O)N(C)C(=O)C(C)S3. The van der Waals surface area contributed by atoms with E-state index in [1.54, 1.807) is 28.4 Å². The van der Waals surface area contributed by atoms with Crippen LogP contribution < -0.4 is 10.2 Å². The zero-order chi connectivity index (χ0) is 16.3. The first-order valence-corrected chi connectivity index (χ1v) is 9.25. The molecule has 23 heavy (non-hydrogen) atoms. The minimum absolute atomic E-state index is 0.0332. The van der Waals surface area contributed by atoms with Crippen LogP contribution in [0.3, 0.4) is 0 Å². The Bertz CT molecular complexity index is 865. The largest absolute Gasteiger partial charge is 0.324 e. The minimum Gasteiger partial charge on any atom is -0.324 e. The van der Waals surface area contributed by atoms with Crippen LogP contribution in [0.25, 0.3) is 10.8 Å². The number of thioether (sulfide) groups is 2. The van der Waals surface area contributed by atoms with Gasteiger partial charge in [0.15, 0.2) is 0 Å². The zero-order valence-corrected chi connectivity index (χ0v) is 14.7. The van der Waals surface area contributed by atoms with Crippen molar-refractivity contribution < 1.29 is 9.59 Å².